The molecule has 1 aromatic carbocycles. The Balaban J connectivity index is 2.10. The predicted octanol–water partition coefficient (Wildman–Crippen LogP) is 2.36. The Morgan fingerprint density at radius 2 is 1.95 bits per heavy atom. The van der Waals surface area contributed by atoms with Crippen LogP contribution in [0.2, 0.25) is 0 Å². The minimum atomic E-state index is 0.631. The highest BCUT2D eigenvalue weighted by Gasteiger charge is 2.12. The lowest BCUT2D eigenvalue weighted by atomic mass is 10.0. The number of aryl methyl sites for hydroxylation is 1. The highest BCUT2D eigenvalue weighted by molar-refractivity contribution is 5.82. The Bertz CT molecular complexity index is 716. The van der Waals surface area contributed by atoms with Crippen molar-refractivity contribution < 1.29 is 0 Å². The van der Waals surface area contributed by atoms with Crippen molar-refractivity contribution in [3.8, 4) is 0 Å². The first kappa shape index (κ1) is 12.8. The number of hydrogen-bond acceptors (Lipinski definition) is 3. The van der Waals surface area contributed by atoms with E-state index in [-0.39, 0.29) is 0 Å². The van der Waals surface area contributed by atoms with Gasteiger partial charge in [-0.15, -0.1) is 0 Å². The third-order valence-corrected chi connectivity index (χ3v) is 3.43. The Kier molecular flexibility index (Phi) is 3.48. The van der Waals surface area contributed by atoms with E-state index in [4.69, 9.17) is 5.73 Å². The molecule has 0 spiro atoms. The van der Waals surface area contributed by atoms with Gasteiger partial charge in [0.05, 0.1) is 5.69 Å². The Morgan fingerprint density at radius 3 is 2.70 bits per heavy atom. The largest absolute Gasteiger partial charge is 0.346 e. The molecule has 0 radical (unpaired) electrons. The minimum Gasteiger partial charge on any atom is -0.346 e. The van der Waals surface area contributed by atoms with Gasteiger partial charge in [-0.2, -0.15) is 0 Å². The summed E-state index contributed by atoms with van der Waals surface area (Å²) in [7, 11) is 0. The van der Waals surface area contributed by atoms with Crippen molar-refractivity contribution in [1.29, 1.82) is 0 Å². The number of H-pyrrole nitrogens is 1. The number of nitrogens with one attached hydrogen (secondary N) is 1. The average molecular weight is 266 g/mol. The number of nitrogens with two attached hydrogens (primary N) is 1. The molecule has 4 heteroatoms. The summed E-state index contributed by atoms with van der Waals surface area (Å²) in [5.74, 6) is 0.796. The van der Waals surface area contributed by atoms with E-state index in [9.17, 15) is 0 Å². The summed E-state index contributed by atoms with van der Waals surface area (Å²) in [6, 6.07) is 10.4. The van der Waals surface area contributed by atoms with Crippen LogP contribution in [0.25, 0.3) is 11.0 Å². The van der Waals surface area contributed by atoms with Gasteiger partial charge in [0.1, 0.15) is 11.5 Å². The molecule has 0 atom stereocenters. The topological polar surface area (TPSA) is 67.6 Å². The molecule has 2 aromatic heterocycles. The molecule has 0 unspecified atom stereocenters. The fourth-order valence-corrected chi connectivity index (χ4v) is 2.57. The molecular formula is C16H18N4. The van der Waals surface area contributed by atoms with Crippen LogP contribution in [0.1, 0.15) is 22.6 Å². The quantitative estimate of drug-likeness (QED) is 0.761. The van der Waals surface area contributed by atoms with Gasteiger partial charge >= 0.3 is 0 Å². The van der Waals surface area contributed by atoms with E-state index in [1.165, 1.54) is 11.1 Å². The van der Waals surface area contributed by atoms with Gasteiger partial charge in [0.2, 0.25) is 0 Å². The third kappa shape index (κ3) is 2.42. The van der Waals surface area contributed by atoms with Gasteiger partial charge in [0.25, 0.3) is 0 Å². The number of rotatable bonds is 4. The number of fused-ring (bicyclic) bond motifs is 1. The van der Waals surface area contributed by atoms with Gasteiger partial charge in [-0.3, -0.25) is 0 Å². The molecule has 20 heavy (non-hydrogen) atoms. The highest BCUT2D eigenvalue weighted by atomic mass is 14.9. The van der Waals surface area contributed by atoms with Crippen LogP contribution >= 0.6 is 0 Å². The molecule has 0 aliphatic carbocycles. The standard InChI is InChI=1S/C16H18N4/c1-11-19-14(9-12-5-3-2-4-6-12)15-13(7-8-17)10-18-16(15)20-11/h2-6,10H,7-9,17H2,1H3,(H,18,19,20). The summed E-state index contributed by atoms with van der Waals surface area (Å²) < 4.78 is 0. The van der Waals surface area contributed by atoms with Crippen LogP contribution in [0.4, 0.5) is 0 Å². The fraction of sp³-hybridized carbons (Fsp3) is 0.250. The molecule has 0 aliphatic heterocycles. The summed E-state index contributed by atoms with van der Waals surface area (Å²) >= 11 is 0. The molecule has 0 amide bonds. The maximum absolute atomic E-state index is 5.69. The first-order chi connectivity index (χ1) is 9.78. The number of hydrogen-bond donors (Lipinski definition) is 2. The number of aromatic nitrogens is 3. The molecule has 3 N–H and O–H groups in total. The zero-order valence-electron chi connectivity index (χ0n) is 11.6. The van der Waals surface area contributed by atoms with Crippen LogP contribution in [0.15, 0.2) is 36.5 Å². The van der Waals surface area contributed by atoms with Gasteiger partial charge < -0.3 is 10.7 Å². The zero-order chi connectivity index (χ0) is 13.9. The van der Waals surface area contributed by atoms with E-state index in [2.05, 4.69) is 39.2 Å². The summed E-state index contributed by atoms with van der Waals surface area (Å²) in [5.41, 5.74) is 10.1. The van der Waals surface area contributed by atoms with E-state index in [1.54, 1.807) is 0 Å². The van der Waals surface area contributed by atoms with Crippen molar-refractivity contribution in [3.05, 3.63) is 59.2 Å². The number of nitrogens with zero attached hydrogens (tertiary/aromatic N) is 2. The molecule has 2 heterocycles. The molecular weight excluding hydrogens is 248 g/mol. The first-order valence-corrected chi connectivity index (χ1v) is 6.85. The molecule has 0 fully saturated rings. The molecule has 0 saturated carbocycles. The monoisotopic (exact) mass is 266 g/mol. The molecule has 3 rings (SSSR count). The van der Waals surface area contributed by atoms with Crippen LogP contribution in [0.5, 0.6) is 0 Å². The van der Waals surface area contributed by atoms with E-state index in [0.29, 0.717) is 6.54 Å². The number of benzene rings is 1. The van der Waals surface area contributed by atoms with Crippen molar-refractivity contribution in [3.63, 3.8) is 0 Å². The summed E-state index contributed by atoms with van der Waals surface area (Å²) in [6.45, 7) is 2.56. The van der Waals surface area contributed by atoms with E-state index in [1.807, 2.05) is 19.2 Å². The minimum absolute atomic E-state index is 0.631. The van der Waals surface area contributed by atoms with Crippen LogP contribution in [-0.4, -0.2) is 21.5 Å². The maximum atomic E-state index is 5.69. The highest BCUT2D eigenvalue weighted by Crippen LogP contribution is 2.22. The normalized spacial score (nSPS) is 11.1. The summed E-state index contributed by atoms with van der Waals surface area (Å²) in [4.78, 5) is 12.3. The average Bonchev–Trinajstić information content (AvgIpc) is 2.83. The molecule has 0 bridgehead atoms. The van der Waals surface area contributed by atoms with Gasteiger partial charge in [-0.25, -0.2) is 9.97 Å². The Labute approximate surface area is 118 Å². The lowest BCUT2D eigenvalue weighted by molar-refractivity contribution is 0.966. The zero-order valence-corrected chi connectivity index (χ0v) is 11.6. The molecule has 102 valence electrons. The van der Waals surface area contributed by atoms with Crippen LogP contribution in [0.3, 0.4) is 0 Å². The van der Waals surface area contributed by atoms with E-state index in [0.717, 1.165) is 35.4 Å². The Morgan fingerprint density at radius 1 is 1.15 bits per heavy atom. The van der Waals surface area contributed by atoms with Crippen molar-refractivity contribution in [2.24, 2.45) is 5.73 Å². The fourth-order valence-electron chi connectivity index (χ4n) is 2.57. The molecule has 0 saturated heterocycles. The van der Waals surface area contributed by atoms with Gasteiger partial charge in [-0.1, -0.05) is 30.3 Å². The van der Waals surface area contributed by atoms with Gasteiger partial charge in [0.15, 0.2) is 0 Å². The predicted molar refractivity (Wildman–Crippen MR) is 80.6 cm³/mol. The summed E-state index contributed by atoms with van der Waals surface area (Å²) in [6.07, 6.45) is 3.66. The van der Waals surface area contributed by atoms with Crippen molar-refractivity contribution in [1.82, 2.24) is 15.0 Å². The van der Waals surface area contributed by atoms with Crippen LogP contribution in [-0.2, 0) is 12.8 Å². The van der Waals surface area contributed by atoms with Crippen molar-refractivity contribution in [2.75, 3.05) is 6.54 Å². The van der Waals surface area contributed by atoms with Crippen LogP contribution < -0.4 is 5.73 Å². The smallest absolute Gasteiger partial charge is 0.141 e. The maximum Gasteiger partial charge on any atom is 0.141 e. The molecule has 3 aromatic rings. The second-order valence-electron chi connectivity index (χ2n) is 4.96. The van der Waals surface area contributed by atoms with Crippen LogP contribution in [0, 0.1) is 6.92 Å². The van der Waals surface area contributed by atoms with Gasteiger partial charge in [0, 0.05) is 18.0 Å². The van der Waals surface area contributed by atoms with Crippen molar-refractivity contribution in [2.45, 2.75) is 19.8 Å². The second kappa shape index (κ2) is 5.43. The summed E-state index contributed by atoms with van der Waals surface area (Å²) in [5, 5.41) is 1.13. The molecule has 4 nitrogen and oxygen atoms in total. The lowest BCUT2D eigenvalue weighted by Gasteiger charge is -2.06. The molecule has 0 aliphatic rings. The Hall–Kier alpha value is -2.20. The lowest BCUT2D eigenvalue weighted by Crippen LogP contribution is -2.04. The number of aromatic amines is 1. The first-order valence-electron chi connectivity index (χ1n) is 6.85. The van der Waals surface area contributed by atoms with Crippen molar-refractivity contribution >= 4 is 11.0 Å². The van der Waals surface area contributed by atoms with E-state index >= 15 is 0 Å². The SMILES string of the molecule is Cc1nc(Cc2ccccc2)c2c(CCN)c[nH]c2n1. The van der Waals surface area contributed by atoms with Gasteiger partial charge in [-0.05, 0) is 31.0 Å². The van der Waals surface area contributed by atoms with E-state index < -0.39 is 0 Å². The second-order valence-corrected chi connectivity index (χ2v) is 4.96. The third-order valence-electron chi connectivity index (χ3n) is 3.43.